The van der Waals surface area contributed by atoms with Gasteiger partial charge in [-0.05, 0) is 30.6 Å². The van der Waals surface area contributed by atoms with Gasteiger partial charge in [0.15, 0.2) is 0 Å². The molecular formula is C7H11N3. The van der Waals surface area contributed by atoms with Crippen LogP contribution in [0.15, 0.2) is 27.6 Å². The van der Waals surface area contributed by atoms with E-state index in [1.165, 1.54) is 6.42 Å². The van der Waals surface area contributed by atoms with Crippen LogP contribution in [0.2, 0.25) is 0 Å². The SMILES string of the molecule is C1=C\CCCC/N=N/N=C/1. The smallest absolute Gasteiger partial charge is 0.0621 e. The highest BCUT2D eigenvalue weighted by Gasteiger charge is 1.84. The average molecular weight is 137 g/mol. The van der Waals surface area contributed by atoms with Gasteiger partial charge in [-0.2, -0.15) is 5.11 Å². The second kappa shape index (κ2) is 4.85. The van der Waals surface area contributed by atoms with E-state index in [1.807, 2.05) is 6.08 Å². The normalized spacial score (nSPS) is 28.8. The summed E-state index contributed by atoms with van der Waals surface area (Å²) < 4.78 is 0. The number of hydrogen-bond acceptors (Lipinski definition) is 3. The molecule has 0 unspecified atom stereocenters. The Labute approximate surface area is 60.5 Å². The summed E-state index contributed by atoms with van der Waals surface area (Å²) in [7, 11) is 0. The van der Waals surface area contributed by atoms with Crippen molar-refractivity contribution in [1.29, 1.82) is 0 Å². The second-order valence-corrected chi connectivity index (χ2v) is 2.14. The van der Waals surface area contributed by atoms with Gasteiger partial charge in [-0.15, -0.1) is 5.10 Å². The molecule has 0 saturated carbocycles. The highest BCUT2D eigenvalue weighted by molar-refractivity contribution is 5.70. The van der Waals surface area contributed by atoms with E-state index in [0.29, 0.717) is 0 Å². The molecule has 0 aromatic carbocycles. The van der Waals surface area contributed by atoms with Crippen molar-refractivity contribution < 1.29 is 0 Å². The van der Waals surface area contributed by atoms with E-state index in [0.717, 1.165) is 19.4 Å². The number of allylic oxidation sites excluding steroid dienone is 2. The van der Waals surface area contributed by atoms with Gasteiger partial charge in [0, 0.05) is 0 Å². The molecule has 0 fully saturated rings. The van der Waals surface area contributed by atoms with Gasteiger partial charge in [0.2, 0.25) is 0 Å². The minimum absolute atomic E-state index is 0.811. The van der Waals surface area contributed by atoms with Gasteiger partial charge < -0.3 is 0 Å². The van der Waals surface area contributed by atoms with Crippen molar-refractivity contribution in [3.05, 3.63) is 12.2 Å². The summed E-state index contributed by atoms with van der Waals surface area (Å²) in [5, 5.41) is 11.1. The Balaban J connectivity index is 2.40. The summed E-state index contributed by atoms with van der Waals surface area (Å²) in [4.78, 5) is 0. The molecule has 0 spiro atoms. The maximum atomic E-state index is 3.83. The molecule has 10 heavy (non-hydrogen) atoms. The third-order valence-corrected chi connectivity index (χ3v) is 1.28. The van der Waals surface area contributed by atoms with Gasteiger partial charge in [-0.3, -0.25) is 0 Å². The Morgan fingerprint density at radius 2 is 2.20 bits per heavy atom. The molecule has 0 radical (unpaired) electrons. The standard InChI is InChI=1S/C7H11N3/c1-2-4-6-8-10-9-7-5-3-1/h2,4,6H,1,3,5,7H2/b4-2-,8-6+,10-9+. The maximum Gasteiger partial charge on any atom is 0.0621 e. The van der Waals surface area contributed by atoms with Gasteiger partial charge >= 0.3 is 0 Å². The topological polar surface area (TPSA) is 37.1 Å². The van der Waals surface area contributed by atoms with E-state index in [1.54, 1.807) is 6.21 Å². The van der Waals surface area contributed by atoms with Gasteiger partial charge in [-0.25, -0.2) is 0 Å². The van der Waals surface area contributed by atoms with Crippen LogP contribution in [0.3, 0.4) is 0 Å². The molecule has 0 aromatic heterocycles. The Morgan fingerprint density at radius 3 is 3.20 bits per heavy atom. The van der Waals surface area contributed by atoms with Crippen LogP contribution in [-0.4, -0.2) is 12.8 Å². The minimum Gasteiger partial charge on any atom is -0.169 e. The van der Waals surface area contributed by atoms with E-state index in [9.17, 15) is 0 Å². The lowest BCUT2D eigenvalue weighted by atomic mass is 10.2. The summed E-state index contributed by atoms with van der Waals surface area (Å²) in [6.07, 6.45) is 9.11. The van der Waals surface area contributed by atoms with Crippen LogP contribution in [0.25, 0.3) is 0 Å². The molecule has 1 aliphatic heterocycles. The van der Waals surface area contributed by atoms with Crippen LogP contribution in [0.1, 0.15) is 19.3 Å². The minimum atomic E-state index is 0.811. The first kappa shape index (κ1) is 7.12. The Morgan fingerprint density at radius 1 is 1.20 bits per heavy atom. The van der Waals surface area contributed by atoms with E-state index in [-0.39, 0.29) is 0 Å². The van der Waals surface area contributed by atoms with Crippen molar-refractivity contribution in [2.24, 2.45) is 15.4 Å². The first-order valence-corrected chi connectivity index (χ1v) is 3.55. The molecule has 0 amide bonds. The van der Waals surface area contributed by atoms with E-state index in [2.05, 4.69) is 21.5 Å². The monoisotopic (exact) mass is 137 g/mol. The van der Waals surface area contributed by atoms with Crippen molar-refractivity contribution in [1.82, 2.24) is 0 Å². The fourth-order valence-electron chi connectivity index (χ4n) is 0.751. The van der Waals surface area contributed by atoms with Gasteiger partial charge in [0.25, 0.3) is 0 Å². The molecule has 3 heteroatoms. The molecule has 0 aliphatic carbocycles. The zero-order valence-corrected chi connectivity index (χ0v) is 5.90. The molecular weight excluding hydrogens is 126 g/mol. The molecule has 54 valence electrons. The lowest BCUT2D eigenvalue weighted by Gasteiger charge is -1.91. The highest BCUT2D eigenvalue weighted by atomic mass is 15.4. The van der Waals surface area contributed by atoms with Crippen LogP contribution in [0, 0.1) is 0 Å². The van der Waals surface area contributed by atoms with Crippen molar-refractivity contribution >= 4 is 6.21 Å². The molecule has 1 aliphatic rings. The van der Waals surface area contributed by atoms with Crippen LogP contribution < -0.4 is 0 Å². The molecule has 0 N–H and O–H groups in total. The molecule has 1 rings (SSSR count). The lowest BCUT2D eigenvalue weighted by Crippen LogP contribution is -1.80. The van der Waals surface area contributed by atoms with Gasteiger partial charge in [0.05, 0.1) is 12.8 Å². The molecule has 0 bridgehead atoms. The lowest BCUT2D eigenvalue weighted by molar-refractivity contribution is 0.728. The van der Waals surface area contributed by atoms with Crippen LogP contribution in [0.4, 0.5) is 0 Å². The summed E-state index contributed by atoms with van der Waals surface area (Å²) in [5.41, 5.74) is 0. The number of nitrogens with zero attached hydrogens (tertiary/aromatic N) is 3. The third kappa shape index (κ3) is 3.12. The molecule has 1 heterocycles. The van der Waals surface area contributed by atoms with Crippen molar-refractivity contribution in [3.8, 4) is 0 Å². The molecule has 0 saturated heterocycles. The quantitative estimate of drug-likeness (QED) is 0.490. The fraction of sp³-hybridized carbons (Fsp3) is 0.571. The number of rotatable bonds is 0. The molecule has 0 aromatic rings. The third-order valence-electron chi connectivity index (χ3n) is 1.28. The van der Waals surface area contributed by atoms with E-state index >= 15 is 0 Å². The van der Waals surface area contributed by atoms with Crippen molar-refractivity contribution in [2.75, 3.05) is 6.54 Å². The fourth-order valence-corrected chi connectivity index (χ4v) is 0.751. The predicted molar refractivity (Wildman–Crippen MR) is 41.2 cm³/mol. The second-order valence-electron chi connectivity index (χ2n) is 2.14. The van der Waals surface area contributed by atoms with Crippen LogP contribution in [-0.2, 0) is 0 Å². The van der Waals surface area contributed by atoms with Gasteiger partial charge in [-0.1, -0.05) is 6.08 Å². The molecule has 0 atom stereocenters. The Bertz CT molecular complexity index is 140. The summed E-state index contributed by atoms with van der Waals surface area (Å²) in [6, 6.07) is 0. The summed E-state index contributed by atoms with van der Waals surface area (Å²) >= 11 is 0. The van der Waals surface area contributed by atoms with Crippen molar-refractivity contribution in [2.45, 2.75) is 19.3 Å². The van der Waals surface area contributed by atoms with E-state index < -0.39 is 0 Å². The Kier molecular flexibility index (Phi) is 3.45. The summed E-state index contributed by atoms with van der Waals surface area (Å²) in [5.74, 6) is 0. The van der Waals surface area contributed by atoms with Gasteiger partial charge in [0.1, 0.15) is 0 Å². The first-order valence-electron chi connectivity index (χ1n) is 3.55. The van der Waals surface area contributed by atoms with Crippen molar-refractivity contribution in [3.63, 3.8) is 0 Å². The predicted octanol–water partition coefficient (Wildman–Crippen LogP) is 2.16. The van der Waals surface area contributed by atoms with E-state index in [4.69, 9.17) is 0 Å². The van der Waals surface area contributed by atoms with Crippen LogP contribution >= 0.6 is 0 Å². The largest absolute Gasteiger partial charge is 0.169 e. The van der Waals surface area contributed by atoms with Crippen LogP contribution in [0.5, 0.6) is 0 Å². The molecule has 3 nitrogen and oxygen atoms in total. The first-order chi connectivity index (χ1) is 5.00. The zero-order chi connectivity index (χ0) is 7.07. The highest BCUT2D eigenvalue weighted by Crippen LogP contribution is 1.98. The average Bonchev–Trinajstić information content (AvgIpc) is 2.01. The number of hydrogen-bond donors (Lipinski definition) is 0. The summed E-state index contributed by atoms with van der Waals surface area (Å²) in [6.45, 7) is 0.811. The Hall–Kier alpha value is -0.990. The zero-order valence-electron chi connectivity index (χ0n) is 5.90. The maximum absolute atomic E-state index is 3.83.